The lowest BCUT2D eigenvalue weighted by molar-refractivity contribution is -0.116. The predicted molar refractivity (Wildman–Crippen MR) is 87.7 cm³/mol. The maximum atomic E-state index is 11.8. The Morgan fingerprint density at radius 1 is 1.09 bits per heavy atom. The molecule has 3 N–H and O–H groups in total. The van der Waals surface area contributed by atoms with Gasteiger partial charge in [0.05, 0.1) is 17.9 Å². The largest absolute Gasteiger partial charge is 0.493 e. The smallest absolute Gasteiger partial charge is 0.238 e. The van der Waals surface area contributed by atoms with Crippen LogP contribution in [0.15, 0.2) is 53.4 Å². The minimum absolute atomic E-state index is 0.00166. The van der Waals surface area contributed by atoms with Gasteiger partial charge < -0.3 is 10.1 Å². The number of carbonyl (C=O) groups excluding carboxylic acids is 1. The van der Waals surface area contributed by atoms with Gasteiger partial charge in [-0.15, -0.1) is 0 Å². The third kappa shape index (κ3) is 5.39. The van der Waals surface area contributed by atoms with Crippen LogP contribution < -0.4 is 15.2 Å². The summed E-state index contributed by atoms with van der Waals surface area (Å²) in [6, 6.07) is 13.2. The zero-order valence-electron chi connectivity index (χ0n) is 12.7. The number of nitrogens with one attached hydrogen (secondary N) is 1. The highest BCUT2D eigenvalue weighted by Gasteiger charge is 2.08. The molecule has 2 rings (SSSR count). The van der Waals surface area contributed by atoms with Crippen molar-refractivity contribution in [2.75, 3.05) is 11.9 Å². The van der Waals surface area contributed by atoms with Crippen molar-refractivity contribution in [3.63, 3.8) is 0 Å². The van der Waals surface area contributed by atoms with Gasteiger partial charge in [0.25, 0.3) is 0 Å². The SMILES string of the molecule is Cc1ccc(OCCC(=O)Nc2ccc(S(N)(=O)=O)cc2)cc1. The van der Waals surface area contributed by atoms with Crippen LogP contribution >= 0.6 is 0 Å². The van der Waals surface area contributed by atoms with E-state index in [-0.39, 0.29) is 23.8 Å². The molecule has 0 saturated heterocycles. The summed E-state index contributed by atoms with van der Waals surface area (Å²) in [5.41, 5.74) is 1.63. The fourth-order valence-electron chi connectivity index (χ4n) is 1.85. The quantitative estimate of drug-likeness (QED) is 0.844. The molecule has 1 amide bonds. The van der Waals surface area contributed by atoms with E-state index in [0.29, 0.717) is 11.4 Å². The fraction of sp³-hybridized carbons (Fsp3) is 0.188. The van der Waals surface area contributed by atoms with Crippen LogP contribution in [0, 0.1) is 6.92 Å². The minimum atomic E-state index is -3.73. The molecule has 7 heteroatoms. The van der Waals surface area contributed by atoms with E-state index in [9.17, 15) is 13.2 Å². The summed E-state index contributed by atoms with van der Waals surface area (Å²) in [7, 11) is -3.73. The number of hydrogen-bond donors (Lipinski definition) is 2. The number of anilines is 1. The van der Waals surface area contributed by atoms with E-state index in [0.717, 1.165) is 5.56 Å². The summed E-state index contributed by atoms with van der Waals surface area (Å²) in [6.07, 6.45) is 0.185. The van der Waals surface area contributed by atoms with Crippen molar-refractivity contribution >= 4 is 21.6 Å². The van der Waals surface area contributed by atoms with Crippen LogP contribution in [0.2, 0.25) is 0 Å². The highest BCUT2D eigenvalue weighted by Crippen LogP contribution is 2.14. The van der Waals surface area contributed by atoms with Gasteiger partial charge in [0, 0.05) is 5.69 Å². The van der Waals surface area contributed by atoms with Crippen LogP contribution in [0.3, 0.4) is 0 Å². The zero-order chi connectivity index (χ0) is 16.9. The third-order valence-electron chi connectivity index (χ3n) is 3.09. The standard InChI is InChI=1S/C16H18N2O4S/c1-12-2-6-14(7-3-12)22-11-10-16(19)18-13-4-8-15(9-5-13)23(17,20)21/h2-9H,10-11H2,1H3,(H,18,19)(H2,17,20,21). The Bertz CT molecular complexity index is 769. The van der Waals surface area contributed by atoms with E-state index in [4.69, 9.17) is 9.88 Å². The molecule has 2 aromatic carbocycles. The number of amides is 1. The number of primary sulfonamides is 1. The van der Waals surface area contributed by atoms with E-state index in [2.05, 4.69) is 5.32 Å². The van der Waals surface area contributed by atoms with Gasteiger partial charge in [-0.3, -0.25) is 4.79 Å². The van der Waals surface area contributed by atoms with Crippen LogP contribution in [0.4, 0.5) is 5.69 Å². The molecule has 0 heterocycles. The van der Waals surface area contributed by atoms with Gasteiger partial charge in [0.2, 0.25) is 15.9 Å². The van der Waals surface area contributed by atoms with Crippen LogP contribution in [0.1, 0.15) is 12.0 Å². The maximum absolute atomic E-state index is 11.8. The number of rotatable bonds is 6. The maximum Gasteiger partial charge on any atom is 0.238 e. The van der Waals surface area contributed by atoms with Crippen LogP contribution in [0.25, 0.3) is 0 Å². The van der Waals surface area contributed by atoms with Gasteiger partial charge in [-0.25, -0.2) is 13.6 Å². The first-order valence-electron chi connectivity index (χ1n) is 6.97. The highest BCUT2D eigenvalue weighted by molar-refractivity contribution is 7.89. The first kappa shape index (κ1) is 17.0. The van der Waals surface area contributed by atoms with Crippen molar-refractivity contribution in [1.82, 2.24) is 0 Å². The summed E-state index contributed by atoms with van der Waals surface area (Å²) in [5, 5.41) is 7.67. The Hall–Kier alpha value is -2.38. The Balaban J connectivity index is 1.81. The molecule has 0 fully saturated rings. The third-order valence-corrected chi connectivity index (χ3v) is 4.01. The van der Waals surface area contributed by atoms with E-state index in [1.165, 1.54) is 24.3 Å². The average Bonchev–Trinajstić information content (AvgIpc) is 2.49. The Labute approximate surface area is 135 Å². The number of aryl methyl sites for hydroxylation is 1. The lowest BCUT2D eigenvalue weighted by atomic mass is 10.2. The summed E-state index contributed by atoms with van der Waals surface area (Å²) in [5.74, 6) is 0.487. The molecule has 0 bridgehead atoms. The number of sulfonamides is 1. The summed E-state index contributed by atoms with van der Waals surface area (Å²) in [4.78, 5) is 11.8. The molecule has 0 unspecified atom stereocenters. The molecule has 6 nitrogen and oxygen atoms in total. The molecule has 0 aliphatic heterocycles. The van der Waals surface area contributed by atoms with Crippen molar-refractivity contribution in [2.24, 2.45) is 5.14 Å². The van der Waals surface area contributed by atoms with Crippen molar-refractivity contribution in [1.29, 1.82) is 0 Å². The second-order valence-electron chi connectivity index (χ2n) is 5.03. The zero-order valence-corrected chi connectivity index (χ0v) is 13.5. The van der Waals surface area contributed by atoms with E-state index in [1.807, 2.05) is 31.2 Å². The monoisotopic (exact) mass is 334 g/mol. The molecule has 0 atom stereocenters. The lowest BCUT2D eigenvalue weighted by Crippen LogP contribution is -2.16. The topological polar surface area (TPSA) is 98.5 Å². The van der Waals surface area contributed by atoms with Crippen molar-refractivity contribution in [2.45, 2.75) is 18.2 Å². The summed E-state index contributed by atoms with van der Waals surface area (Å²) >= 11 is 0. The van der Waals surface area contributed by atoms with Gasteiger partial charge >= 0.3 is 0 Å². The second kappa shape index (κ2) is 7.26. The fourth-order valence-corrected chi connectivity index (χ4v) is 2.36. The van der Waals surface area contributed by atoms with Crippen LogP contribution in [-0.4, -0.2) is 20.9 Å². The molecular formula is C16H18N2O4S. The van der Waals surface area contributed by atoms with Gasteiger partial charge in [0.15, 0.2) is 0 Å². The summed E-state index contributed by atoms with van der Waals surface area (Å²) in [6.45, 7) is 2.24. The highest BCUT2D eigenvalue weighted by atomic mass is 32.2. The lowest BCUT2D eigenvalue weighted by Gasteiger charge is -2.08. The molecule has 0 radical (unpaired) electrons. The normalized spacial score (nSPS) is 11.0. The van der Waals surface area contributed by atoms with Gasteiger partial charge in [0.1, 0.15) is 5.75 Å². The van der Waals surface area contributed by atoms with Crippen molar-refractivity contribution in [3.05, 3.63) is 54.1 Å². The molecule has 23 heavy (non-hydrogen) atoms. The molecule has 0 aliphatic carbocycles. The molecule has 2 aromatic rings. The van der Waals surface area contributed by atoms with Crippen molar-refractivity contribution in [3.8, 4) is 5.75 Å². The summed E-state index contributed by atoms with van der Waals surface area (Å²) < 4.78 is 27.8. The number of ether oxygens (including phenoxy) is 1. The van der Waals surface area contributed by atoms with E-state index in [1.54, 1.807) is 0 Å². The minimum Gasteiger partial charge on any atom is -0.493 e. The molecule has 0 aliphatic rings. The van der Waals surface area contributed by atoms with E-state index >= 15 is 0 Å². The Kier molecular flexibility index (Phi) is 5.36. The van der Waals surface area contributed by atoms with Gasteiger partial charge in [-0.2, -0.15) is 0 Å². The number of nitrogens with two attached hydrogens (primary N) is 1. The molecule has 122 valence electrons. The van der Waals surface area contributed by atoms with Crippen molar-refractivity contribution < 1.29 is 17.9 Å². The Morgan fingerprint density at radius 2 is 1.70 bits per heavy atom. The van der Waals surface area contributed by atoms with E-state index < -0.39 is 10.0 Å². The molecule has 0 spiro atoms. The molecule has 0 aromatic heterocycles. The predicted octanol–water partition coefficient (Wildman–Crippen LogP) is 2.05. The number of carbonyl (C=O) groups is 1. The number of benzene rings is 2. The Morgan fingerprint density at radius 3 is 2.26 bits per heavy atom. The van der Waals surface area contributed by atoms with Crippen LogP contribution in [0.5, 0.6) is 5.75 Å². The average molecular weight is 334 g/mol. The molecular weight excluding hydrogens is 316 g/mol. The van der Waals surface area contributed by atoms with Crippen LogP contribution in [-0.2, 0) is 14.8 Å². The number of hydrogen-bond acceptors (Lipinski definition) is 4. The molecule has 0 saturated carbocycles. The first-order chi connectivity index (χ1) is 10.8. The first-order valence-corrected chi connectivity index (χ1v) is 8.51. The van der Waals surface area contributed by atoms with Gasteiger partial charge in [-0.1, -0.05) is 17.7 Å². The van der Waals surface area contributed by atoms with Gasteiger partial charge in [-0.05, 0) is 43.3 Å². The second-order valence-corrected chi connectivity index (χ2v) is 6.59.